The van der Waals surface area contributed by atoms with Gasteiger partial charge in [-0.15, -0.1) is 11.3 Å². The highest BCUT2D eigenvalue weighted by atomic mass is 32.1. The first kappa shape index (κ1) is 26.5. The molecule has 41 heavy (non-hydrogen) atoms. The molecule has 2 saturated heterocycles. The number of rotatable bonds is 7. The monoisotopic (exact) mass is 575 g/mol. The van der Waals surface area contributed by atoms with E-state index in [0.29, 0.717) is 41.4 Å². The molecule has 3 fully saturated rings. The highest BCUT2D eigenvalue weighted by Gasteiger charge is 2.29. The lowest BCUT2D eigenvalue weighted by Gasteiger charge is -2.36. The van der Waals surface area contributed by atoms with Crippen molar-refractivity contribution in [2.24, 2.45) is 0 Å². The maximum Gasteiger partial charge on any atom is 0.256 e. The van der Waals surface area contributed by atoms with Crippen molar-refractivity contribution in [3.05, 3.63) is 68.3 Å². The fraction of sp³-hybridized carbons (Fsp3) is 0.467. The zero-order valence-corrected chi connectivity index (χ0v) is 23.9. The van der Waals surface area contributed by atoms with Gasteiger partial charge < -0.3 is 20.3 Å². The number of hydrogen-bond donors (Lipinski definition) is 2. The van der Waals surface area contributed by atoms with Crippen molar-refractivity contribution in [2.75, 3.05) is 43.1 Å². The number of thiazole rings is 1. The Morgan fingerprint density at radius 1 is 1.15 bits per heavy atom. The summed E-state index contributed by atoms with van der Waals surface area (Å²) in [6, 6.07) is 7.29. The Morgan fingerprint density at radius 3 is 2.78 bits per heavy atom. The third kappa shape index (κ3) is 5.33. The van der Waals surface area contributed by atoms with Gasteiger partial charge in [0.1, 0.15) is 11.5 Å². The van der Waals surface area contributed by atoms with E-state index in [1.165, 1.54) is 10.9 Å². The first-order valence-corrected chi connectivity index (χ1v) is 15.4. The largest absolute Gasteiger partial charge is 0.381 e. The van der Waals surface area contributed by atoms with Crippen LogP contribution >= 0.6 is 11.3 Å². The predicted octanol–water partition coefficient (Wildman–Crippen LogP) is 4.75. The lowest BCUT2D eigenvalue weighted by atomic mass is 9.97. The minimum absolute atomic E-state index is 0.0175. The van der Waals surface area contributed by atoms with Gasteiger partial charge in [0.05, 0.1) is 23.4 Å². The summed E-state index contributed by atoms with van der Waals surface area (Å²) >= 11 is 1.66. The third-order valence-corrected chi connectivity index (χ3v) is 9.49. The molecule has 214 valence electrons. The van der Waals surface area contributed by atoms with Gasteiger partial charge in [-0.2, -0.15) is 4.98 Å². The quantitative estimate of drug-likeness (QED) is 0.326. The number of nitrogens with zero attached hydrogens (tertiary/aromatic N) is 5. The smallest absolute Gasteiger partial charge is 0.256 e. The summed E-state index contributed by atoms with van der Waals surface area (Å²) in [6.45, 7) is 6.36. The Balaban J connectivity index is 1.22. The molecule has 4 aromatic rings. The van der Waals surface area contributed by atoms with Crippen LogP contribution in [-0.4, -0.2) is 58.4 Å². The lowest BCUT2D eigenvalue weighted by molar-refractivity contribution is 0.0858. The normalized spacial score (nSPS) is 20.0. The number of pyridine rings is 1. The molecule has 0 bridgehead atoms. The Bertz CT molecular complexity index is 1630. The first-order chi connectivity index (χ1) is 20.0. The molecule has 2 aliphatic heterocycles. The van der Waals surface area contributed by atoms with E-state index in [1.807, 2.05) is 17.6 Å². The lowest BCUT2D eigenvalue weighted by Crippen LogP contribution is -2.50. The van der Waals surface area contributed by atoms with Crippen molar-refractivity contribution < 1.29 is 9.13 Å². The third-order valence-electron chi connectivity index (χ3n) is 8.46. The first-order valence-electron chi connectivity index (χ1n) is 14.5. The number of anilines is 3. The molecular formula is C30H34FN7O2S. The second-order valence-electron chi connectivity index (χ2n) is 11.3. The van der Waals surface area contributed by atoms with Crippen molar-refractivity contribution >= 4 is 39.7 Å². The molecule has 0 amide bonds. The number of nitrogens with one attached hydrogen (secondary N) is 2. The molecule has 3 aromatic heterocycles. The van der Waals surface area contributed by atoms with Crippen LogP contribution in [0.4, 0.5) is 21.7 Å². The Morgan fingerprint density at radius 2 is 2.00 bits per heavy atom. The highest BCUT2D eigenvalue weighted by molar-refractivity contribution is 7.09. The molecule has 2 N–H and O–H groups in total. The molecule has 1 aromatic carbocycles. The van der Waals surface area contributed by atoms with Gasteiger partial charge in [0.25, 0.3) is 5.56 Å². The van der Waals surface area contributed by atoms with Crippen molar-refractivity contribution in [1.29, 1.82) is 0 Å². The Hall–Kier alpha value is -3.41. The van der Waals surface area contributed by atoms with Crippen molar-refractivity contribution in [1.82, 2.24) is 24.8 Å². The standard InChI is InChI=1S/C30H34FN7O2S/c1-18-14-32-8-9-37(18)26-5-4-22(13-24(26)31)35-30-33-15-21-12-23(19-2-3-19)29(39)38(28(21)36-30)16-25-27(41-17-34-25)20-6-10-40-11-7-20/h4-5,12-13,15,17-20,32H,2-3,6-11,14,16H2,1H3,(H,33,35,36). The second-order valence-corrected chi connectivity index (χ2v) is 12.2. The summed E-state index contributed by atoms with van der Waals surface area (Å²) in [5.41, 5.74) is 5.30. The summed E-state index contributed by atoms with van der Waals surface area (Å²) in [5.74, 6) is 0.713. The van der Waals surface area contributed by atoms with E-state index >= 15 is 4.39 Å². The van der Waals surface area contributed by atoms with E-state index in [9.17, 15) is 4.79 Å². The van der Waals surface area contributed by atoms with Crippen LogP contribution in [-0.2, 0) is 11.3 Å². The van der Waals surface area contributed by atoms with Crippen LogP contribution in [0.1, 0.15) is 60.6 Å². The molecule has 1 saturated carbocycles. The average molecular weight is 576 g/mol. The Labute approximate surface area is 241 Å². The van der Waals surface area contributed by atoms with Crippen LogP contribution in [0.25, 0.3) is 11.0 Å². The number of ether oxygens (including phenoxy) is 1. The van der Waals surface area contributed by atoms with E-state index in [4.69, 9.17) is 9.72 Å². The van der Waals surface area contributed by atoms with E-state index in [1.54, 1.807) is 28.2 Å². The molecule has 11 heteroatoms. The number of halogens is 1. The molecule has 9 nitrogen and oxygen atoms in total. The minimum Gasteiger partial charge on any atom is -0.381 e. The van der Waals surface area contributed by atoms with E-state index < -0.39 is 0 Å². The summed E-state index contributed by atoms with van der Waals surface area (Å²) in [6.07, 6.45) is 5.73. The van der Waals surface area contributed by atoms with Crippen LogP contribution in [0.15, 0.2) is 40.8 Å². The van der Waals surface area contributed by atoms with Gasteiger partial charge in [0.2, 0.25) is 5.95 Å². The molecule has 7 rings (SSSR count). The van der Waals surface area contributed by atoms with Crippen LogP contribution in [0.2, 0.25) is 0 Å². The zero-order valence-electron chi connectivity index (χ0n) is 23.1. The van der Waals surface area contributed by atoms with Gasteiger partial charge in [-0.1, -0.05) is 0 Å². The maximum atomic E-state index is 15.2. The molecule has 1 aliphatic carbocycles. The van der Waals surface area contributed by atoms with Crippen molar-refractivity contribution in [2.45, 2.75) is 57.0 Å². The minimum atomic E-state index is -0.292. The molecule has 1 unspecified atom stereocenters. The molecule has 0 radical (unpaired) electrons. The number of hydrogen-bond acceptors (Lipinski definition) is 9. The van der Waals surface area contributed by atoms with Crippen LogP contribution in [0.3, 0.4) is 0 Å². The zero-order chi connectivity index (χ0) is 27.9. The van der Waals surface area contributed by atoms with Crippen molar-refractivity contribution in [3.8, 4) is 0 Å². The summed E-state index contributed by atoms with van der Waals surface area (Å²) in [7, 11) is 0. The second kappa shape index (κ2) is 11.1. The molecule has 0 spiro atoms. The summed E-state index contributed by atoms with van der Waals surface area (Å²) in [5, 5.41) is 7.32. The number of piperazine rings is 1. The van der Waals surface area contributed by atoms with Crippen LogP contribution < -0.4 is 21.1 Å². The number of benzene rings is 1. The fourth-order valence-electron chi connectivity index (χ4n) is 6.06. The van der Waals surface area contributed by atoms with Crippen LogP contribution in [0, 0.1) is 5.82 Å². The molecule has 3 aliphatic rings. The van der Waals surface area contributed by atoms with E-state index in [2.05, 4.69) is 32.4 Å². The van der Waals surface area contributed by atoms with Gasteiger partial charge >= 0.3 is 0 Å². The average Bonchev–Trinajstić information content (AvgIpc) is 3.73. The number of aromatic nitrogens is 4. The topological polar surface area (TPSA) is 97.2 Å². The molecule has 1 atom stereocenters. The number of fused-ring (bicyclic) bond motifs is 1. The molecular weight excluding hydrogens is 541 g/mol. The maximum absolute atomic E-state index is 15.2. The van der Waals surface area contributed by atoms with Crippen LogP contribution in [0.5, 0.6) is 0 Å². The fourth-order valence-corrected chi connectivity index (χ4v) is 7.03. The van der Waals surface area contributed by atoms with Gasteiger partial charge in [0, 0.05) is 66.6 Å². The van der Waals surface area contributed by atoms with E-state index in [-0.39, 0.29) is 17.4 Å². The Kier molecular flexibility index (Phi) is 7.18. The van der Waals surface area contributed by atoms with Gasteiger partial charge in [-0.05, 0) is 68.7 Å². The highest BCUT2D eigenvalue weighted by Crippen LogP contribution is 2.39. The van der Waals surface area contributed by atoms with Crippen molar-refractivity contribution in [3.63, 3.8) is 0 Å². The SMILES string of the molecule is CC1CNCCN1c1ccc(Nc2ncc3cc(C4CC4)c(=O)n(Cc4ncsc4C4CCOCC4)c3n2)cc1F. The summed E-state index contributed by atoms with van der Waals surface area (Å²) in [4.78, 5) is 31.1. The van der Waals surface area contributed by atoms with Gasteiger partial charge in [-0.25, -0.2) is 14.4 Å². The molecule has 5 heterocycles. The summed E-state index contributed by atoms with van der Waals surface area (Å²) < 4.78 is 22.5. The van der Waals surface area contributed by atoms with Gasteiger partial charge in [-0.3, -0.25) is 9.36 Å². The predicted molar refractivity (Wildman–Crippen MR) is 159 cm³/mol. The van der Waals surface area contributed by atoms with E-state index in [0.717, 1.165) is 75.2 Å². The van der Waals surface area contributed by atoms with Gasteiger partial charge in [0.15, 0.2) is 0 Å².